The van der Waals surface area contributed by atoms with Crippen LogP contribution in [0.2, 0.25) is 0 Å². The molecule has 5 heteroatoms. The molecule has 5 nitrogen and oxygen atoms in total. The maximum atomic E-state index is 11.2. The number of carboxylic acid groups (broad SMARTS) is 1. The molecule has 0 aliphatic rings. The molecule has 0 atom stereocenters. The predicted molar refractivity (Wildman–Crippen MR) is 84.1 cm³/mol. The number of carbonyl (C=O) groups is 1. The van der Waals surface area contributed by atoms with E-state index in [2.05, 4.69) is 29.1 Å². The minimum Gasteiger partial charge on any atom is -0.478 e. The number of benzene rings is 1. The van der Waals surface area contributed by atoms with Crippen molar-refractivity contribution < 1.29 is 9.90 Å². The first kappa shape index (κ1) is 14.3. The van der Waals surface area contributed by atoms with Gasteiger partial charge in [0, 0.05) is 17.8 Å². The zero-order chi connectivity index (χ0) is 15.7. The number of aromatic nitrogens is 3. The van der Waals surface area contributed by atoms with Crippen molar-refractivity contribution in [1.29, 1.82) is 0 Å². The number of nitrogens with zero attached hydrogens (tertiary/aromatic N) is 3. The molecule has 2 aromatic heterocycles. The van der Waals surface area contributed by atoms with Gasteiger partial charge in [-0.05, 0) is 18.9 Å². The van der Waals surface area contributed by atoms with E-state index in [4.69, 9.17) is 5.11 Å². The summed E-state index contributed by atoms with van der Waals surface area (Å²) in [6, 6.07) is 10.2. The second kappa shape index (κ2) is 5.60. The van der Waals surface area contributed by atoms with Crippen LogP contribution >= 0.6 is 0 Å². The van der Waals surface area contributed by atoms with Gasteiger partial charge < -0.3 is 5.11 Å². The van der Waals surface area contributed by atoms with Gasteiger partial charge in [-0.2, -0.15) is 5.10 Å². The van der Waals surface area contributed by atoms with Crippen LogP contribution in [0, 0.1) is 6.92 Å². The molecule has 0 radical (unpaired) electrons. The van der Waals surface area contributed by atoms with E-state index in [-0.39, 0.29) is 5.56 Å². The Morgan fingerprint density at radius 1 is 1.27 bits per heavy atom. The molecule has 0 fully saturated rings. The van der Waals surface area contributed by atoms with E-state index in [1.54, 1.807) is 11.4 Å². The highest BCUT2D eigenvalue weighted by atomic mass is 16.4. The van der Waals surface area contributed by atoms with Crippen molar-refractivity contribution >= 4 is 11.6 Å². The van der Waals surface area contributed by atoms with Crippen LogP contribution in [-0.4, -0.2) is 25.7 Å². The molecule has 0 unspecified atom stereocenters. The first-order valence-corrected chi connectivity index (χ1v) is 7.28. The number of carboxylic acids is 1. The normalized spacial score (nSPS) is 11.0. The monoisotopic (exact) mass is 295 g/mol. The summed E-state index contributed by atoms with van der Waals surface area (Å²) < 4.78 is 1.58. The Balaban J connectivity index is 2.05. The molecule has 0 aliphatic heterocycles. The van der Waals surface area contributed by atoms with Gasteiger partial charge in [0.05, 0.1) is 17.0 Å². The summed E-state index contributed by atoms with van der Waals surface area (Å²) in [7, 11) is 0. The molecule has 2 heterocycles. The summed E-state index contributed by atoms with van der Waals surface area (Å²) in [6.45, 7) is 3.89. The molecular weight excluding hydrogens is 278 g/mol. The fourth-order valence-electron chi connectivity index (χ4n) is 2.53. The molecular formula is C17H17N3O2. The maximum absolute atomic E-state index is 11.2. The topological polar surface area (TPSA) is 67.5 Å². The van der Waals surface area contributed by atoms with Crippen LogP contribution in [0.5, 0.6) is 0 Å². The third-order valence-corrected chi connectivity index (χ3v) is 3.74. The van der Waals surface area contributed by atoms with Gasteiger partial charge in [0.2, 0.25) is 0 Å². The second-order valence-electron chi connectivity index (χ2n) is 5.31. The van der Waals surface area contributed by atoms with E-state index in [1.165, 1.54) is 11.8 Å². The number of hydrogen-bond donors (Lipinski definition) is 1. The lowest BCUT2D eigenvalue weighted by molar-refractivity contribution is 0.0695. The highest BCUT2D eigenvalue weighted by molar-refractivity contribution is 5.88. The molecule has 0 saturated carbocycles. The van der Waals surface area contributed by atoms with Gasteiger partial charge in [-0.1, -0.05) is 37.6 Å². The van der Waals surface area contributed by atoms with Crippen molar-refractivity contribution in [1.82, 2.24) is 14.6 Å². The fourth-order valence-corrected chi connectivity index (χ4v) is 2.53. The molecule has 3 aromatic rings. The Bertz CT molecular complexity index is 835. The van der Waals surface area contributed by atoms with E-state index in [9.17, 15) is 4.79 Å². The van der Waals surface area contributed by atoms with Gasteiger partial charge in [0.15, 0.2) is 5.65 Å². The number of fused-ring (bicyclic) bond motifs is 1. The molecule has 112 valence electrons. The van der Waals surface area contributed by atoms with Crippen molar-refractivity contribution in [3.05, 3.63) is 53.3 Å². The Hall–Kier alpha value is -2.69. The Morgan fingerprint density at radius 2 is 2.00 bits per heavy atom. The summed E-state index contributed by atoms with van der Waals surface area (Å²) in [5.41, 5.74) is 4.49. The third kappa shape index (κ3) is 2.45. The Kier molecular flexibility index (Phi) is 3.63. The van der Waals surface area contributed by atoms with Crippen LogP contribution in [-0.2, 0) is 6.42 Å². The van der Waals surface area contributed by atoms with Crippen LogP contribution in [0.25, 0.3) is 16.9 Å². The molecule has 3 rings (SSSR count). The first-order valence-electron chi connectivity index (χ1n) is 7.28. The Labute approximate surface area is 128 Å². The minimum absolute atomic E-state index is 0.167. The van der Waals surface area contributed by atoms with E-state index in [0.717, 1.165) is 24.1 Å². The summed E-state index contributed by atoms with van der Waals surface area (Å²) >= 11 is 0. The van der Waals surface area contributed by atoms with E-state index < -0.39 is 5.97 Å². The lowest BCUT2D eigenvalue weighted by atomic mass is 10.1. The van der Waals surface area contributed by atoms with E-state index >= 15 is 0 Å². The predicted octanol–water partition coefficient (Wildman–Crippen LogP) is 3.36. The van der Waals surface area contributed by atoms with Crippen LogP contribution in [0.15, 0.2) is 36.5 Å². The van der Waals surface area contributed by atoms with Gasteiger partial charge in [0.25, 0.3) is 0 Å². The Morgan fingerprint density at radius 3 is 2.64 bits per heavy atom. The van der Waals surface area contributed by atoms with Gasteiger partial charge in [-0.15, -0.1) is 0 Å². The molecule has 1 N–H and O–H groups in total. The maximum Gasteiger partial charge on any atom is 0.339 e. The largest absolute Gasteiger partial charge is 0.478 e. The SMILES string of the molecule is CCCc1ccc(-c2cc3ncc(C(=O)O)c(C)n3n2)cc1. The average Bonchev–Trinajstić information content (AvgIpc) is 2.93. The highest BCUT2D eigenvalue weighted by Gasteiger charge is 2.13. The van der Waals surface area contributed by atoms with Gasteiger partial charge >= 0.3 is 5.97 Å². The van der Waals surface area contributed by atoms with Gasteiger partial charge in [-0.25, -0.2) is 14.3 Å². The lowest BCUT2D eigenvalue weighted by Crippen LogP contribution is -2.06. The van der Waals surface area contributed by atoms with Crippen LogP contribution in [0.4, 0.5) is 0 Å². The van der Waals surface area contributed by atoms with Crippen molar-refractivity contribution in [2.45, 2.75) is 26.7 Å². The minimum atomic E-state index is -0.993. The van der Waals surface area contributed by atoms with Crippen molar-refractivity contribution in [3.63, 3.8) is 0 Å². The van der Waals surface area contributed by atoms with Crippen LogP contribution < -0.4 is 0 Å². The average molecular weight is 295 g/mol. The first-order chi connectivity index (χ1) is 10.6. The van der Waals surface area contributed by atoms with E-state index in [1.807, 2.05) is 18.2 Å². The smallest absolute Gasteiger partial charge is 0.339 e. The standard InChI is InChI=1S/C17H17N3O2/c1-3-4-12-5-7-13(8-6-12)15-9-16-18-10-14(17(21)22)11(2)20(16)19-15/h5-10H,3-4H2,1-2H3,(H,21,22). The van der Waals surface area contributed by atoms with Crippen LogP contribution in [0.3, 0.4) is 0 Å². The fraction of sp³-hybridized carbons (Fsp3) is 0.235. The zero-order valence-electron chi connectivity index (χ0n) is 12.6. The van der Waals surface area contributed by atoms with E-state index in [0.29, 0.717) is 11.3 Å². The number of aromatic carboxylic acids is 1. The summed E-state index contributed by atoms with van der Waals surface area (Å²) in [6.07, 6.45) is 3.56. The molecule has 22 heavy (non-hydrogen) atoms. The number of aryl methyl sites for hydroxylation is 2. The third-order valence-electron chi connectivity index (χ3n) is 3.74. The number of hydrogen-bond acceptors (Lipinski definition) is 3. The summed E-state index contributed by atoms with van der Waals surface area (Å²) in [5, 5.41) is 13.6. The molecule has 0 bridgehead atoms. The quantitative estimate of drug-likeness (QED) is 0.801. The van der Waals surface area contributed by atoms with Crippen molar-refractivity contribution in [2.24, 2.45) is 0 Å². The molecule has 0 amide bonds. The lowest BCUT2D eigenvalue weighted by Gasteiger charge is -2.02. The molecule has 0 aliphatic carbocycles. The highest BCUT2D eigenvalue weighted by Crippen LogP contribution is 2.21. The van der Waals surface area contributed by atoms with Crippen molar-refractivity contribution in [3.8, 4) is 11.3 Å². The van der Waals surface area contributed by atoms with Crippen molar-refractivity contribution in [2.75, 3.05) is 0 Å². The van der Waals surface area contributed by atoms with Gasteiger partial charge in [-0.3, -0.25) is 0 Å². The molecule has 0 saturated heterocycles. The number of rotatable bonds is 4. The molecule has 0 spiro atoms. The molecule has 1 aromatic carbocycles. The summed E-state index contributed by atoms with van der Waals surface area (Å²) in [4.78, 5) is 15.3. The van der Waals surface area contributed by atoms with Crippen LogP contribution in [0.1, 0.15) is 35.0 Å². The zero-order valence-corrected chi connectivity index (χ0v) is 12.6. The summed E-state index contributed by atoms with van der Waals surface area (Å²) in [5.74, 6) is -0.993. The van der Waals surface area contributed by atoms with Gasteiger partial charge in [0.1, 0.15) is 0 Å². The second-order valence-corrected chi connectivity index (χ2v) is 5.31.